The van der Waals surface area contributed by atoms with Gasteiger partial charge in [0.25, 0.3) is 11.1 Å². The average molecular weight is 548 g/mol. The van der Waals surface area contributed by atoms with E-state index in [-0.39, 0.29) is 23.6 Å². The summed E-state index contributed by atoms with van der Waals surface area (Å²) in [5.74, 6) is 0.924. The van der Waals surface area contributed by atoms with E-state index in [1.165, 1.54) is 36.3 Å². The molecule has 0 radical (unpaired) electrons. The normalized spacial score (nSPS) is 18.1. The zero-order chi connectivity index (χ0) is 24.1. The fourth-order valence-electron chi connectivity index (χ4n) is 4.21. The molecule has 0 unspecified atom stereocenters. The molecule has 4 rings (SSSR count). The van der Waals surface area contributed by atoms with Crippen LogP contribution in [0.3, 0.4) is 0 Å². The Morgan fingerprint density at radius 3 is 2.50 bits per heavy atom. The number of imide groups is 1. The van der Waals surface area contributed by atoms with E-state index in [1.807, 2.05) is 6.92 Å². The van der Waals surface area contributed by atoms with Crippen LogP contribution >= 0.6 is 27.7 Å². The highest BCUT2D eigenvalue weighted by Gasteiger charge is 2.36. The summed E-state index contributed by atoms with van der Waals surface area (Å²) in [4.78, 5) is 27.3. The molecule has 0 aromatic heterocycles. The summed E-state index contributed by atoms with van der Waals surface area (Å²) in [5.41, 5.74) is 1.55. The summed E-state index contributed by atoms with van der Waals surface area (Å²) in [6, 6.07) is 9.70. The molecular weight excluding hydrogens is 521 g/mol. The van der Waals surface area contributed by atoms with Gasteiger partial charge in [-0.05, 0) is 78.9 Å². The van der Waals surface area contributed by atoms with Crippen molar-refractivity contribution in [3.05, 3.63) is 62.7 Å². The Morgan fingerprint density at radius 2 is 1.79 bits per heavy atom. The largest absolute Gasteiger partial charge is 0.490 e. The standard InChI is InChI=1S/C26H27BrFNO4S/c1-2-32-22-12-19(21(27)14-23(22)33-16-18-8-10-20(28)11-9-18)13-24-25(30)29(26(31)34-24)15-17-6-4-3-5-7-17/h8-14,17H,2-7,15-16H2,1H3/b24-13+. The van der Waals surface area contributed by atoms with Crippen molar-refractivity contribution in [2.45, 2.75) is 45.6 Å². The van der Waals surface area contributed by atoms with Gasteiger partial charge in [0, 0.05) is 11.0 Å². The van der Waals surface area contributed by atoms with Crippen LogP contribution in [-0.4, -0.2) is 29.2 Å². The highest BCUT2D eigenvalue weighted by Crippen LogP contribution is 2.39. The predicted octanol–water partition coefficient (Wildman–Crippen LogP) is 7.18. The number of carbonyl (C=O) groups excluding carboxylic acids is 2. The minimum absolute atomic E-state index is 0.206. The molecular formula is C26H27BrFNO4S. The number of benzene rings is 2. The first-order valence-electron chi connectivity index (χ1n) is 11.5. The van der Waals surface area contributed by atoms with Crippen molar-refractivity contribution < 1.29 is 23.5 Å². The van der Waals surface area contributed by atoms with Crippen LogP contribution in [0.4, 0.5) is 9.18 Å². The predicted molar refractivity (Wildman–Crippen MR) is 135 cm³/mol. The van der Waals surface area contributed by atoms with Gasteiger partial charge in [0.05, 0.1) is 11.5 Å². The molecule has 2 aromatic carbocycles. The topological polar surface area (TPSA) is 55.8 Å². The van der Waals surface area contributed by atoms with Gasteiger partial charge in [-0.1, -0.05) is 47.3 Å². The lowest BCUT2D eigenvalue weighted by atomic mass is 9.89. The van der Waals surface area contributed by atoms with Gasteiger partial charge in [0.1, 0.15) is 12.4 Å². The van der Waals surface area contributed by atoms with E-state index in [2.05, 4.69) is 15.9 Å². The van der Waals surface area contributed by atoms with Crippen LogP contribution in [0, 0.1) is 11.7 Å². The molecule has 5 nitrogen and oxygen atoms in total. The van der Waals surface area contributed by atoms with E-state index in [1.54, 1.807) is 30.3 Å². The van der Waals surface area contributed by atoms with E-state index in [0.29, 0.717) is 39.9 Å². The molecule has 0 N–H and O–H groups in total. The lowest BCUT2D eigenvalue weighted by molar-refractivity contribution is -0.123. The van der Waals surface area contributed by atoms with Crippen molar-refractivity contribution in [1.29, 1.82) is 0 Å². The Labute approximate surface area is 211 Å². The second kappa shape index (κ2) is 11.4. The Bertz CT molecular complexity index is 1080. The van der Waals surface area contributed by atoms with Gasteiger partial charge in [-0.3, -0.25) is 14.5 Å². The SMILES string of the molecule is CCOc1cc(/C=C2/SC(=O)N(CC3CCCCC3)C2=O)c(Br)cc1OCc1ccc(F)cc1. The lowest BCUT2D eigenvalue weighted by Crippen LogP contribution is -2.34. The summed E-state index contributed by atoms with van der Waals surface area (Å²) in [5, 5.41) is -0.206. The Morgan fingerprint density at radius 1 is 1.09 bits per heavy atom. The van der Waals surface area contributed by atoms with E-state index in [4.69, 9.17) is 9.47 Å². The Hall–Kier alpha value is -2.32. The zero-order valence-electron chi connectivity index (χ0n) is 19.0. The van der Waals surface area contributed by atoms with Gasteiger partial charge in [0.15, 0.2) is 11.5 Å². The van der Waals surface area contributed by atoms with Crippen molar-refractivity contribution in [2.75, 3.05) is 13.2 Å². The van der Waals surface area contributed by atoms with Gasteiger partial charge in [-0.2, -0.15) is 0 Å². The van der Waals surface area contributed by atoms with Crippen LogP contribution < -0.4 is 9.47 Å². The molecule has 0 bridgehead atoms. The maximum absolute atomic E-state index is 13.1. The number of thioether (sulfide) groups is 1. The minimum atomic E-state index is -0.297. The highest BCUT2D eigenvalue weighted by molar-refractivity contribution is 9.10. The number of carbonyl (C=O) groups is 2. The minimum Gasteiger partial charge on any atom is -0.490 e. The van der Waals surface area contributed by atoms with E-state index < -0.39 is 0 Å². The van der Waals surface area contributed by atoms with E-state index in [9.17, 15) is 14.0 Å². The fraction of sp³-hybridized carbons (Fsp3) is 0.385. The summed E-state index contributed by atoms with van der Waals surface area (Å²) in [7, 11) is 0. The second-order valence-corrected chi connectivity index (χ2v) is 10.3. The number of hydrogen-bond acceptors (Lipinski definition) is 5. The fourth-order valence-corrected chi connectivity index (χ4v) is 5.49. The average Bonchev–Trinajstić information content (AvgIpc) is 3.09. The van der Waals surface area contributed by atoms with Crippen molar-refractivity contribution in [1.82, 2.24) is 4.90 Å². The number of rotatable bonds is 8. The number of halogens is 2. The summed E-state index contributed by atoms with van der Waals surface area (Å²) in [6.07, 6.45) is 7.44. The quantitative estimate of drug-likeness (QED) is 0.327. The molecule has 1 aliphatic heterocycles. The second-order valence-electron chi connectivity index (χ2n) is 8.46. The van der Waals surface area contributed by atoms with Gasteiger partial charge >= 0.3 is 0 Å². The molecule has 8 heteroatoms. The third-order valence-corrected chi connectivity index (χ3v) is 7.59. The first-order chi connectivity index (χ1) is 16.4. The van der Waals surface area contributed by atoms with Gasteiger partial charge in [-0.25, -0.2) is 4.39 Å². The molecule has 2 amide bonds. The number of hydrogen-bond donors (Lipinski definition) is 0. The van der Waals surface area contributed by atoms with Crippen molar-refractivity contribution >= 4 is 44.9 Å². The van der Waals surface area contributed by atoms with Crippen LogP contribution in [0.1, 0.15) is 50.2 Å². The summed E-state index contributed by atoms with van der Waals surface area (Å²) in [6.45, 7) is 3.07. The van der Waals surface area contributed by atoms with Crippen molar-refractivity contribution in [3.63, 3.8) is 0 Å². The van der Waals surface area contributed by atoms with Crippen molar-refractivity contribution in [3.8, 4) is 11.5 Å². The van der Waals surface area contributed by atoms with Crippen LogP contribution in [-0.2, 0) is 11.4 Å². The molecule has 34 heavy (non-hydrogen) atoms. The smallest absolute Gasteiger partial charge is 0.293 e. The van der Waals surface area contributed by atoms with E-state index in [0.717, 1.165) is 35.7 Å². The number of ether oxygens (including phenoxy) is 2. The van der Waals surface area contributed by atoms with Crippen LogP contribution in [0.15, 0.2) is 45.8 Å². The first kappa shape index (κ1) is 24.8. The number of amides is 2. The molecule has 1 heterocycles. The molecule has 180 valence electrons. The molecule has 0 spiro atoms. The Balaban J connectivity index is 1.51. The monoisotopic (exact) mass is 547 g/mol. The molecule has 2 aromatic rings. The third kappa shape index (κ3) is 6.02. The first-order valence-corrected chi connectivity index (χ1v) is 13.1. The zero-order valence-corrected chi connectivity index (χ0v) is 21.4. The molecule has 2 aliphatic rings. The van der Waals surface area contributed by atoms with Crippen LogP contribution in [0.5, 0.6) is 11.5 Å². The molecule has 2 fully saturated rings. The van der Waals surface area contributed by atoms with Gasteiger partial charge < -0.3 is 9.47 Å². The lowest BCUT2D eigenvalue weighted by Gasteiger charge is -2.25. The third-order valence-electron chi connectivity index (χ3n) is 6.00. The maximum atomic E-state index is 13.1. The molecule has 0 atom stereocenters. The van der Waals surface area contributed by atoms with Crippen molar-refractivity contribution in [2.24, 2.45) is 5.92 Å². The summed E-state index contributed by atoms with van der Waals surface area (Å²) >= 11 is 4.54. The summed E-state index contributed by atoms with van der Waals surface area (Å²) < 4.78 is 25.6. The number of nitrogens with zero attached hydrogens (tertiary/aromatic N) is 1. The van der Waals surface area contributed by atoms with Crippen LogP contribution in [0.25, 0.3) is 6.08 Å². The molecule has 1 saturated carbocycles. The van der Waals surface area contributed by atoms with Gasteiger partial charge in [-0.15, -0.1) is 0 Å². The van der Waals surface area contributed by atoms with E-state index >= 15 is 0 Å². The van der Waals surface area contributed by atoms with Crippen LogP contribution in [0.2, 0.25) is 0 Å². The molecule has 1 saturated heterocycles. The highest BCUT2D eigenvalue weighted by atomic mass is 79.9. The maximum Gasteiger partial charge on any atom is 0.293 e. The Kier molecular flexibility index (Phi) is 8.32. The van der Waals surface area contributed by atoms with Gasteiger partial charge in [0.2, 0.25) is 0 Å². The molecule has 1 aliphatic carbocycles.